The molecule has 0 saturated carbocycles. The smallest absolute Gasteiger partial charge is 0.273 e. The summed E-state index contributed by atoms with van der Waals surface area (Å²) < 4.78 is 1.70. The van der Waals surface area contributed by atoms with Gasteiger partial charge in [0.05, 0.1) is 5.92 Å². The number of hydrogen-bond acceptors (Lipinski definition) is 7. The van der Waals surface area contributed by atoms with Crippen LogP contribution >= 0.6 is 11.3 Å². The second kappa shape index (κ2) is 9.25. The van der Waals surface area contributed by atoms with Crippen LogP contribution in [0.5, 0.6) is 0 Å². The molecule has 1 fully saturated rings. The fourth-order valence-corrected chi connectivity index (χ4v) is 4.65. The number of fused-ring (bicyclic) bond motifs is 1. The summed E-state index contributed by atoms with van der Waals surface area (Å²) in [6, 6.07) is 9.07. The third kappa shape index (κ3) is 4.74. The van der Waals surface area contributed by atoms with E-state index < -0.39 is 0 Å². The molecule has 9 nitrogen and oxygen atoms in total. The number of nitrogens with one attached hydrogen (secondary N) is 2. The van der Waals surface area contributed by atoms with Crippen molar-refractivity contribution in [3.05, 3.63) is 47.0 Å². The zero-order valence-corrected chi connectivity index (χ0v) is 18.0. The Hall–Kier alpha value is -3.27. The van der Waals surface area contributed by atoms with Gasteiger partial charge in [-0.25, -0.2) is 4.98 Å². The summed E-state index contributed by atoms with van der Waals surface area (Å²) in [5, 5.41) is 6.32. The minimum atomic E-state index is -0.306. The zero-order chi connectivity index (χ0) is 21.8. The summed E-state index contributed by atoms with van der Waals surface area (Å²) in [5.41, 5.74) is 0.737. The van der Waals surface area contributed by atoms with Gasteiger partial charge in [-0.05, 0) is 31.9 Å². The first-order chi connectivity index (χ1) is 15.0. The minimum absolute atomic E-state index is 0.0539. The number of piperidine rings is 1. The van der Waals surface area contributed by atoms with Gasteiger partial charge in [0.25, 0.3) is 5.56 Å². The van der Waals surface area contributed by atoms with E-state index in [0.717, 1.165) is 19.4 Å². The highest BCUT2D eigenvalue weighted by Gasteiger charge is 2.27. The molecular formula is C21H24N6O3S. The average Bonchev–Trinajstić information content (AvgIpc) is 3.22. The third-order valence-corrected chi connectivity index (χ3v) is 6.25. The lowest BCUT2D eigenvalue weighted by Crippen LogP contribution is -2.43. The van der Waals surface area contributed by atoms with E-state index in [1.165, 1.54) is 22.2 Å². The zero-order valence-electron chi connectivity index (χ0n) is 17.2. The molecule has 2 amide bonds. The predicted molar refractivity (Wildman–Crippen MR) is 120 cm³/mol. The number of carbonyl (C=O) groups is 2. The van der Waals surface area contributed by atoms with E-state index in [4.69, 9.17) is 0 Å². The molecular weight excluding hydrogens is 416 g/mol. The largest absolute Gasteiger partial charge is 0.356 e. The summed E-state index contributed by atoms with van der Waals surface area (Å²) in [6.07, 6.45) is 3.08. The van der Waals surface area contributed by atoms with Crippen molar-refractivity contribution in [1.82, 2.24) is 19.9 Å². The maximum Gasteiger partial charge on any atom is 0.273 e. The van der Waals surface area contributed by atoms with E-state index in [1.807, 2.05) is 30.0 Å². The molecule has 1 saturated heterocycles. The molecule has 0 aliphatic carbocycles. The summed E-state index contributed by atoms with van der Waals surface area (Å²) in [6.45, 7) is 3.73. The maximum atomic E-state index is 12.9. The van der Waals surface area contributed by atoms with Crippen LogP contribution in [-0.2, 0) is 16.1 Å². The molecule has 3 aromatic rings. The molecule has 0 bridgehead atoms. The van der Waals surface area contributed by atoms with Crippen LogP contribution in [0.4, 0.5) is 10.8 Å². The van der Waals surface area contributed by atoms with Crippen molar-refractivity contribution in [3.63, 3.8) is 0 Å². The van der Waals surface area contributed by atoms with Crippen molar-refractivity contribution < 1.29 is 9.59 Å². The van der Waals surface area contributed by atoms with E-state index in [0.29, 0.717) is 34.3 Å². The Balaban J connectivity index is 1.51. The number of benzene rings is 1. The fraction of sp³-hybridized carbons (Fsp3) is 0.381. The second-order valence-corrected chi connectivity index (χ2v) is 8.40. The van der Waals surface area contributed by atoms with Gasteiger partial charge in [-0.2, -0.15) is 4.98 Å². The molecule has 2 N–H and O–H groups in total. The van der Waals surface area contributed by atoms with Crippen LogP contribution in [0.3, 0.4) is 0 Å². The van der Waals surface area contributed by atoms with Gasteiger partial charge in [0.15, 0.2) is 10.8 Å². The SMILES string of the molecule is CCNC(=O)C1CCCN(c2nc3ncn(CC(=O)Nc4ccccc4)c(=O)c3s2)C1. The van der Waals surface area contributed by atoms with Crippen LogP contribution in [0.1, 0.15) is 19.8 Å². The minimum Gasteiger partial charge on any atom is -0.356 e. The lowest BCUT2D eigenvalue weighted by atomic mass is 9.97. The molecule has 0 spiro atoms. The van der Waals surface area contributed by atoms with Crippen molar-refractivity contribution in [2.45, 2.75) is 26.3 Å². The summed E-state index contributed by atoms with van der Waals surface area (Å²) in [4.78, 5) is 48.3. The lowest BCUT2D eigenvalue weighted by molar-refractivity contribution is -0.125. The van der Waals surface area contributed by atoms with E-state index in [-0.39, 0.29) is 29.8 Å². The van der Waals surface area contributed by atoms with Gasteiger partial charge in [0, 0.05) is 25.3 Å². The number of nitrogens with zero attached hydrogens (tertiary/aromatic N) is 4. The Bertz CT molecular complexity index is 1140. The molecule has 1 atom stereocenters. The quantitative estimate of drug-likeness (QED) is 0.605. The Kier molecular flexibility index (Phi) is 6.26. The summed E-state index contributed by atoms with van der Waals surface area (Å²) in [5.74, 6) is -0.342. The number of rotatable bonds is 6. The maximum absolute atomic E-state index is 12.9. The molecule has 3 heterocycles. The third-order valence-electron chi connectivity index (χ3n) is 5.16. The normalized spacial score (nSPS) is 16.3. The highest BCUT2D eigenvalue weighted by Crippen LogP contribution is 2.29. The van der Waals surface area contributed by atoms with Crippen molar-refractivity contribution in [2.24, 2.45) is 5.92 Å². The molecule has 2 aromatic heterocycles. The number of anilines is 2. The van der Waals surface area contributed by atoms with Gasteiger partial charge in [0.2, 0.25) is 11.8 Å². The van der Waals surface area contributed by atoms with Gasteiger partial charge < -0.3 is 15.5 Å². The molecule has 1 aliphatic rings. The van der Waals surface area contributed by atoms with Crippen LogP contribution in [0.15, 0.2) is 41.5 Å². The fourth-order valence-electron chi connectivity index (χ4n) is 3.64. The van der Waals surface area contributed by atoms with Gasteiger partial charge in [-0.15, -0.1) is 0 Å². The van der Waals surface area contributed by atoms with E-state index in [9.17, 15) is 14.4 Å². The van der Waals surface area contributed by atoms with Crippen LogP contribution in [0.2, 0.25) is 0 Å². The van der Waals surface area contributed by atoms with Crippen molar-refractivity contribution in [1.29, 1.82) is 0 Å². The molecule has 10 heteroatoms. The predicted octanol–water partition coefficient (Wildman–Crippen LogP) is 1.84. The Morgan fingerprint density at radius 1 is 1.26 bits per heavy atom. The summed E-state index contributed by atoms with van der Waals surface area (Å²) >= 11 is 1.26. The lowest BCUT2D eigenvalue weighted by Gasteiger charge is -2.31. The average molecular weight is 441 g/mol. The highest BCUT2D eigenvalue weighted by molar-refractivity contribution is 7.22. The molecule has 1 unspecified atom stereocenters. The first-order valence-electron chi connectivity index (χ1n) is 10.3. The van der Waals surface area contributed by atoms with E-state index in [2.05, 4.69) is 20.6 Å². The van der Waals surface area contributed by atoms with Gasteiger partial charge in [-0.1, -0.05) is 29.5 Å². The topological polar surface area (TPSA) is 109 Å². The molecule has 1 aliphatic heterocycles. The highest BCUT2D eigenvalue weighted by atomic mass is 32.1. The van der Waals surface area contributed by atoms with Gasteiger partial charge >= 0.3 is 0 Å². The standard InChI is InChI=1S/C21H24N6O3S/c1-2-22-19(29)14-7-6-10-26(11-14)21-25-18-17(31-21)20(30)27(13-23-18)12-16(28)24-15-8-4-3-5-9-15/h3-5,8-9,13-14H,2,6-7,10-12H2,1H3,(H,22,29)(H,24,28). The van der Waals surface area contributed by atoms with Gasteiger partial charge in [-0.3, -0.25) is 19.0 Å². The number of amides is 2. The van der Waals surface area contributed by atoms with Crippen molar-refractivity contribution >= 4 is 44.3 Å². The number of aromatic nitrogens is 3. The molecule has 0 radical (unpaired) electrons. The number of para-hydroxylation sites is 1. The number of carbonyl (C=O) groups excluding carboxylic acids is 2. The van der Waals surface area contributed by atoms with Crippen LogP contribution in [0.25, 0.3) is 10.3 Å². The Morgan fingerprint density at radius 2 is 2.06 bits per heavy atom. The number of thiazole rings is 1. The first-order valence-corrected chi connectivity index (χ1v) is 11.1. The molecule has 162 valence electrons. The monoisotopic (exact) mass is 440 g/mol. The Morgan fingerprint density at radius 3 is 2.84 bits per heavy atom. The second-order valence-electron chi connectivity index (χ2n) is 7.42. The van der Waals surface area contributed by atoms with Crippen LogP contribution in [-0.4, -0.2) is 46.0 Å². The summed E-state index contributed by atoms with van der Waals surface area (Å²) in [7, 11) is 0. The van der Waals surface area contributed by atoms with Crippen molar-refractivity contribution in [3.8, 4) is 0 Å². The first kappa shape index (κ1) is 21.0. The van der Waals surface area contributed by atoms with Crippen LogP contribution in [0, 0.1) is 5.92 Å². The van der Waals surface area contributed by atoms with E-state index >= 15 is 0 Å². The van der Waals surface area contributed by atoms with Crippen molar-refractivity contribution in [2.75, 3.05) is 29.9 Å². The molecule has 31 heavy (non-hydrogen) atoms. The van der Waals surface area contributed by atoms with E-state index in [1.54, 1.807) is 12.1 Å². The Labute approximate surface area is 183 Å². The van der Waals surface area contributed by atoms with Gasteiger partial charge in [0.1, 0.15) is 17.6 Å². The number of hydrogen-bond donors (Lipinski definition) is 2. The molecule has 1 aromatic carbocycles. The molecule has 4 rings (SSSR count). The van der Waals surface area contributed by atoms with Crippen LogP contribution < -0.4 is 21.1 Å².